The molecule has 7 nitrogen and oxygen atoms in total. The number of fused-ring (bicyclic) bond motifs is 1. The first-order valence-corrected chi connectivity index (χ1v) is 13.1. The summed E-state index contributed by atoms with van der Waals surface area (Å²) >= 11 is 6.03. The van der Waals surface area contributed by atoms with E-state index in [1.807, 2.05) is 53.1 Å². The third kappa shape index (κ3) is 5.20. The Morgan fingerprint density at radius 3 is 2.46 bits per heavy atom. The van der Waals surface area contributed by atoms with E-state index in [2.05, 4.69) is 10.3 Å². The Morgan fingerprint density at radius 2 is 1.78 bits per heavy atom. The highest BCUT2D eigenvalue weighted by Crippen LogP contribution is 2.28. The fraction of sp³-hybridized carbons (Fsp3) is 0.345. The number of nitrogens with zero attached hydrogens (tertiary/aromatic N) is 3. The van der Waals surface area contributed by atoms with Crippen molar-refractivity contribution in [2.75, 3.05) is 0 Å². The Balaban J connectivity index is 1.31. The number of rotatable bonds is 6. The van der Waals surface area contributed by atoms with Crippen LogP contribution >= 0.6 is 11.6 Å². The predicted molar refractivity (Wildman–Crippen MR) is 145 cm³/mol. The summed E-state index contributed by atoms with van der Waals surface area (Å²) in [6, 6.07) is 17.1. The monoisotopic (exact) mass is 518 g/mol. The Hall–Kier alpha value is -3.42. The van der Waals surface area contributed by atoms with Crippen molar-refractivity contribution in [1.82, 2.24) is 19.4 Å². The van der Waals surface area contributed by atoms with Crippen molar-refractivity contribution >= 4 is 28.5 Å². The molecule has 0 unspecified atom stereocenters. The molecule has 2 aromatic heterocycles. The molecular weight excluding hydrogens is 488 g/mol. The molecule has 1 aliphatic carbocycles. The summed E-state index contributed by atoms with van der Waals surface area (Å²) in [5, 5.41) is 13.4. The minimum Gasteiger partial charge on any atom is -0.389 e. The standard InChI is InChI=1S/C29H31ClN4O3/c1-18-25(15-22(30)16-31-18)28(36)32-23-11-7-20(8-12-23)17-33-26-5-3-4-6-27(26)34(29(33)37)24-13-9-21(10-14-24)19(2)35/h3-6,9-10,13-16,19-20,23,35H,7-8,11-12,17H2,1-2H3,(H,32,36)/t19-,20?,23?/m1/s1. The summed E-state index contributed by atoms with van der Waals surface area (Å²) in [7, 11) is 0. The molecule has 0 bridgehead atoms. The number of para-hydroxylation sites is 2. The fourth-order valence-corrected chi connectivity index (χ4v) is 5.44. The molecular formula is C29H31ClN4O3. The number of halogens is 1. The lowest BCUT2D eigenvalue weighted by Crippen LogP contribution is -2.39. The predicted octanol–water partition coefficient (Wildman–Crippen LogP) is 5.19. The minimum atomic E-state index is -0.557. The van der Waals surface area contributed by atoms with Crippen molar-refractivity contribution in [1.29, 1.82) is 0 Å². The second kappa shape index (κ2) is 10.5. The van der Waals surface area contributed by atoms with Gasteiger partial charge in [0, 0.05) is 18.8 Å². The van der Waals surface area contributed by atoms with Crippen molar-refractivity contribution in [3.8, 4) is 5.69 Å². The summed E-state index contributed by atoms with van der Waals surface area (Å²) < 4.78 is 3.62. The number of nitrogens with one attached hydrogen (secondary N) is 1. The molecule has 1 aliphatic rings. The largest absolute Gasteiger partial charge is 0.389 e. The molecule has 8 heteroatoms. The van der Waals surface area contributed by atoms with E-state index >= 15 is 0 Å². The van der Waals surface area contributed by atoms with Crippen LogP contribution in [0.1, 0.15) is 60.3 Å². The van der Waals surface area contributed by atoms with Crippen LogP contribution in [0.3, 0.4) is 0 Å². The molecule has 2 N–H and O–H groups in total. The van der Waals surface area contributed by atoms with Gasteiger partial charge in [0.05, 0.1) is 39.1 Å². The van der Waals surface area contributed by atoms with E-state index in [0.717, 1.165) is 48.0 Å². The second-order valence-corrected chi connectivity index (χ2v) is 10.4. The van der Waals surface area contributed by atoms with Crippen LogP contribution in [0, 0.1) is 12.8 Å². The van der Waals surface area contributed by atoms with Gasteiger partial charge in [-0.2, -0.15) is 0 Å². The first-order chi connectivity index (χ1) is 17.8. The summed E-state index contributed by atoms with van der Waals surface area (Å²) in [5.41, 5.74) is 4.47. The Morgan fingerprint density at radius 1 is 1.11 bits per heavy atom. The minimum absolute atomic E-state index is 0.0645. The number of carbonyl (C=O) groups is 1. The lowest BCUT2D eigenvalue weighted by molar-refractivity contribution is 0.0919. The van der Waals surface area contributed by atoms with Gasteiger partial charge in [-0.1, -0.05) is 35.9 Å². The lowest BCUT2D eigenvalue weighted by atomic mass is 9.85. The van der Waals surface area contributed by atoms with Gasteiger partial charge in [-0.3, -0.25) is 18.9 Å². The third-order valence-corrected chi connectivity index (χ3v) is 7.60. The number of aromatic nitrogens is 3. The van der Waals surface area contributed by atoms with Gasteiger partial charge in [0.1, 0.15) is 0 Å². The van der Waals surface area contributed by atoms with E-state index in [1.165, 1.54) is 0 Å². The fourth-order valence-electron chi connectivity index (χ4n) is 5.28. The van der Waals surface area contributed by atoms with E-state index in [9.17, 15) is 14.7 Å². The average molecular weight is 519 g/mol. The van der Waals surface area contributed by atoms with E-state index < -0.39 is 6.10 Å². The molecule has 1 saturated carbocycles. The first-order valence-electron chi connectivity index (χ1n) is 12.7. The molecule has 1 amide bonds. The van der Waals surface area contributed by atoms with E-state index in [-0.39, 0.29) is 17.6 Å². The van der Waals surface area contributed by atoms with Crippen LogP contribution in [0.4, 0.5) is 0 Å². The molecule has 0 saturated heterocycles. The molecule has 0 spiro atoms. The van der Waals surface area contributed by atoms with Gasteiger partial charge in [0.2, 0.25) is 0 Å². The SMILES string of the molecule is Cc1ncc(Cl)cc1C(=O)NC1CCC(Cn2c(=O)n(-c3ccc([C@@H](C)O)cc3)c3ccccc32)CC1. The summed E-state index contributed by atoms with van der Waals surface area (Å²) in [6.45, 7) is 4.16. The molecule has 192 valence electrons. The van der Waals surface area contributed by atoms with Gasteiger partial charge < -0.3 is 10.4 Å². The number of hydrogen-bond acceptors (Lipinski definition) is 4. The summed E-state index contributed by atoms with van der Waals surface area (Å²) in [4.78, 5) is 30.6. The van der Waals surface area contributed by atoms with Crippen LogP contribution in [0.5, 0.6) is 0 Å². The zero-order chi connectivity index (χ0) is 26.1. The van der Waals surface area contributed by atoms with Crippen molar-refractivity contribution in [3.05, 3.63) is 93.1 Å². The van der Waals surface area contributed by atoms with Crippen molar-refractivity contribution < 1.29 is 9.90 Å². The smallest absolute Gasteiger partial charge is 0.333 e. The molecule has 5 rings (SSSR count). The zero-order valence-electron chi connectivity index (χ0n) is 21.0. The normalized spacial score (nSPS) is 18.6. The number of amides is 1. The van der Waals surface area contributed by atoms with Crippen LogP contribution in [-0.4, -0.2) is 31.2 Å². The number of carbonyl (C=O) groups excluding carboxylic acids is 1. The van der Waals surface area contributed by atoms with Crippen LogP contribution < -0.4 is 11.0 Å². The first kappa shape index (κ1) is 25.2. The number of imidazole rings is 1. The van der Waals surface area contributed by atoms with Gasteiger partial charge in [0.25, 0.3) is 5.91 Å². The lowest BCUT2D eigenvalue weighted by Gasteiger charge is -2.29. The van der Waals surface area contributed by atoms with Crippen LogP contribution in [0.2, 0.25) is 5.02 Å². The second-order valence-electron chi connectivity index (χ2n) is 9.96. The Bertz CT molecular complexity index is 1480. The summed E-state index contributed by atoms with van der Waals surface area (Å²) in [6.07, 6.45) is 4.55. The molecule has 1 atom stereocenters. The average Bonchev–Trinajstić information content (AvgIpc) is 3.17. The van der Waals surface area contributed by atoms with Crippen molar-refractivity contribution in [2.45, 2.75) is 58.2 Å². The quantitative estimate of drug-likeness (QED) is 0.367. The molecule has 0 radical (unpaired) electrons. The Labute approximate surface area is 220 Å². The van der Waals surface area contributed by atoms with E-state index in [4.69, 9.17) is 11.6 Å². The zero-order valence-corrected chi connectivity index (χ0v) is 21.8. The molecule has 2 heterocycles. The summed E-state index contributed by atoms with van der Waals surface area (Å²) in [5.74, 6) is 0.203. The number of benzene rings is 2. The highest BCUT2D eigenvalue weighted by atomic mass is 35.5. The van der Waals surface area contributed by atoms with E-state index in [1.54, 1.807) is 30.7 Å². The van der Waals surface area contributed by atoms with Crippen LogP contribution in [0.15, 0.2) is 65.6 Å². The van der Waals surface area contributed by atoms with Gasteiger partial charge in [0.15, 0.2) is 0 Å². The molecule has 4 aromatic rings. The number of hydrogen-bond donors (Lipinski definition) is 2. The van der Waals surface area contributed by atoms with Gasteiger partial charge >= 0.3 is 5.69 Å². The molecule has 2 aromatic carbocycles. The van der Waals surface area contributed by atoms with Crippen LogP contribution in [0.25, 0.3) is 16.7 Å². The topological polar surface area (TPSA) is 89.2 Å². The maximum atomic E-state index is 13.6. The van der Waals surface area contributed by atoms with Gasteiger partial charge in [-0.05, 0) is 81.3 Å². The van der Waals surface area contributed by atoms with Crippen LogP contribution in [-0.2, 0) is 6.54 Å². The number of aliphatic hydroxyl groups excluding tert-OH is 1. The van der Waals surface area contributed by atoms with Gasteiger partial charge in [-0.15, -0.1) is 0 Å². The highest BCUT2D eigenvalue weighted by molar-refractivity contribution is 6.30. The molecule has 1 fully saturated rings. The van der Waals surface area contributed by atoms with E-state index in [0.29, 0.717) is 28.7 Å². The van der Waals surface area contributed by atoms with Crippen molar-refractivity contribution in [3.63, 3.8) is 0 Å². The number of pyridine rings is 1. The third-order valence-electron chi connectivity index (χ3n) is 7.39. The maximum absolute atomic E-state index is 13.6. The number of aliphatic hydroxyl groups is 1. The Kier molecular flexibility index (Phi) is 7.17. The molecule has 0 aliphatic heterocycles. The maximum Gasteiger partial charge on any atom is 0.333 e. The van der Waals surface area contributed by atoms with Crippen molar-refractivity contribution in [2.24, 2.45) is 5.92 Å². The highest BCUT2D eigenvalue weighted by Gasteiger charge is 2.25. The van der Waals surface area contributed by atoms with Gasteiger partial charge in [-0.25, -0.2) is 4.79 Å². The number of aryl methyl sites for hydroxylation is 1. The molecule has 37 heavy (non-hydrogen) atoms.